The number of hydrogen-bond acceptors (Lipinski definition) is 4. The minimum atomic E-state index is 0.509. The molecule has 15 heavy (non-hydrogen) atoms. The van der Waals surface area contributed by atoms with E-state index in [1.807, 2.05) is 18.2 Å². The minimum absolute atomic E-state index is 0.509. The first kappa shape index (κ1) is 9.45. The molecule has 0 aliphatic rings. The molecule has 0 bridgehead atoms. The Balaban J connectivity index is 2.47. The number of aryl methyl sites for hydroxylation is 1. The summed E-state index contributed by atoms with van der Waals surface area (Å²) in [6.45, 7) is 1.78. The molecular weight excluding hydrogens is 190 g/mol. The second-order valence-electron chi connectivity index (χ2n) is 3.07. The molecule has 0 aliphatic heterocycles. The van der Waals surface area contributed by atoms with Crippen molar-refractivity contribution in [1.82, 2.24) is 15.0 Å². The van der Waals surface area contributed by atoms with Crippen molar-refractivity contribution in [2.24, 2.45) is 0 Å². The van der Waals surface area contributed by atoms with E-state index >= 15 is 0 Å². The molecule has 4 nitrogen and oxygen atoms in total. The highest BCUT2D eigenvalue weighted by Gasteiger charge is 2.04. The van der Waals surface area contributed by atoms with Gasteiger partial charge in [0, 0.05) is 12.4 Å². The van der Waals surface area contributed by atoms with Gasteiger partial charge in [-0.3, -0.25) is 9.78 Å². The van der Waals surface area contributed by atoms with Crippen LogP contribution in [-0.2, 0) is 0 Å². The van der Waals surface area contributed by atoms with Crippen LogP contribution in [0.15, 0.2) is 30.6 Å². The third kappa shape index (κ3) is 1.88. The van der Waals surface area contributed by atoms with Crippen molar-refractivity contribution < 1.29 is 4.79 Å². The van der Waals surface area contributed by atoms with Gasteiger partial charge in [-0.15, -0.1) is 0 Å². The average Bonchev–Trinajstić information content (AvgIpc) is 2.30. The highest BCUT2D eigenvalue weighted by molar-refractivity contribution is 5.76. The largest absolute Gasteiger partial charge is 0.298 e. The zero-order valence-corrected chi connectivity index (χ0v) is 8.21. The number of pyridine rings is 1. The molecule has 0 saturated carbocycles. The predicted octanol–water partition coefficient (Wildman–Crippen LogP) is 1.66. The molecular formula is C11H9N3O. The van der Waals surface area contributed by atoms with E-state index in [0.29, 0.717) is 22.8 Å². The zero-order chi connectivity index (χ0) is 10.7. The molecule has 0 N–H and O–H groups in total. The number of nitrogens with zero attached hydrogens (tertiary/aromatic N) is 3. The summed E-state index contributed by atoms with van der Waals surface area (Å²) in [7, 11) is 0. The molecule has 2 rings (SSSR count). The Hall–Kier alpha value is -2.10. The normalized spacial score (nSPS) is 9.93. The maximum Gasteiger partial charge on any atom is 0.178 e. The number of rotatable bonds is 2. The van der Waals surface area contributed by atoms with Gasteiger partial charge in [-0.25, -0.2) is 9.97 Å². The molecule has 0 unspecified atom stereocenters. The van der Waals surface area contributed by atoms with Crippen molar-refractivity contribution in [2.45, 2.75) is 6.92 Å². The lowest BCUT2D eigenvalue weighted by Gasteiger charge is -2.01. The van der Waals surface area contributed by atoms with Crippen LogP contribution in [0.3, 0.4) is 0 Å². The second-order valence-corrected chi connectivity index (χ2v) is 3.07. The van der Waals surface area contributed by atoms with E-state index in [4.69, 9.17) is 0 Å². The second kappa shape index (κ2) is 3.96. The fourth-order valence-corrected chi connectivity index (χ4v) is 1.21. The third-order valence-corrected chi connectivity index (χ3v) is 2.04. The van der Waals surface area contributed by atoms with Crippen LogP contribution >= 0.6 is 0 Å². The fourth-order valence-electron chi connectivity index (χ4n) is 1.21. The van der Waals surface area contributed by atoms with Crippen LogP contribution in [0, 0.1) is 6.92 Å². The van der Waals surface area contributed by atoms with Crippen LogP contribution < -0.4 is 0 Å². The lowest BCUT2D eigenvalue weighted by atomic mass is 10.2. The summed E-state index contributed by atoms with van der Waals surface area (Å²) >= 11 is 0. The maximum atomic E-state index is 10.6. The molecule has 0 radical (unpaired) electrons. The summed E-state index contributed by atoms with van der Waals surface area (Å²) < 4.78 is 0. The SMILES string of the molecule is Cc1nc(-c2ccccn2)ncc1C=O. The van der Waals surface area contributed by atoms with Gasteiger partial charge in [0.2, 0.25) is 0 Å². The van der Waals surface area contributed by atoms with E-state index in [2.05, 4.69) is 15.0 Å². The topological polar surface area (TPSA) is 55.7 Å². The molecule has 0 saturated heterocycles. The molecule has 0 fully saturated rings. The number of aldehydes is 1. The van der Waals surface area contributed by atoms with Gasteiger partial charge >= 0.3 is 0 Å². The number of carbonyl (C=O) groups excluding carboxylic acids is 1. The van der Waals surface area contributed by atoms with E-state index in [1.54, 1.807) is 13.1 Å². The van der Waals surface area contributed by atoms with Gasteiger partial charge in [0.15, 0.2) is 12.1 Å². The molecule has 2 heterocycles. The van der Waals surface area contributed by atoms with Crippen molar-refractivity contribution in [1.29, 1.82) is 0 Å². The van der Waals surface area contributed by atoms with Crippen LogP contribution in [0.5, 0.6) is 0 Å². The summed E-state index contributed by atoms with van der Waals surface area (Å²) in [5.41, 5.74) is 1.88. The van der Waals surface area contributed by atoms with Gasteiger partial charge in [0.05, 0.1) is 11.3 Å². The van der Waals surface area contributed by atoms with Gasteiger partial charge in [-0.1, -0.05) is 6.07 Å². The van der Waals surface area contributed by atoms with Gasteiger partial charge in [-0.05, 0) is 19.1 Å². The lowest BCUT2D eigenvalue weighted by molar-refractivity contribution is 0.112. The molecule has 0 spiro atoms. The monoisotopic (exact) mass is 199 g/mol. The Bertz CT molecular complexity index is 482. The van der Waals surface area contributed by atoms with Crippen molar-refractivity contribution in [3.05, 3.63) is 41.9 Å². The van der Waals surface area contributed by atoms with Crippen molar-refractivity contribution >= 4 is 6.29 Å². The molecule has 0 aromatic carbocycles. The fraction of sp³-hybridized carbons (Fsp3) is 0.0909. The van der Waals surface area contributed by atoms with E-state index in [-0.39, 0.29) is 0 Å². The lowest BCUT2D eigenvalue weighted by Crippen LogP contribution is -1.97. The standard InChI is InChI=1S/C11H9N3O/c1-8-9(7-15)6-13-11(14-8)10-4-2-3-5-12-10/h2-7H,1H3. The van der Waals surface area contributed by atoms with Crippen LogP contribution in [0.1, 0.15) is 16.1 Å². The maximum absolute atomic E-state index is 10.6. The molecule has 0 atom stereocenters. The Morgan fingerprint density at radius 1 is 1.27 bits per heavy atom. The quantitative estimate of drug-likeness (QED) is 0.690. The van der Waals surface area contributed by atoms with E-state index in [9.17, 15) is 4.79 Å². The number of hydrogen-bond donors (Lipinski definition) is 0. The summed E-state index contributed by atoms with van der Waals surface area (Å²) in [4.78, 5) is 23.0. The Morgan fingerprint density at radius 2 is 2.13 bits per heavy atom. The minimum Gasteiger partial charge on any atom is -0.298 e. The van der Waals surface area contributed by atoms with Gasteiger partial charge in [-0.2, -0.15) is 0 Å². The highest BCUT2D eigenvalue weighted by atomic mass is 16.1. The molecule has 4 heteroatoms. The van der Waals surface area contributed by atoms with Crippen LogP contribution in [0.4, 0.5) is 0 Å². The Kier molecular flexibility index (Phi) is 2.49. The van der Waals surface area contributed by atoms with E-state index in [1.165, 1.54) is 6.20 Å². The first-order valence-corrected chi connectivity index (χ1v) is 4.51. The molecule has 2 aromatic heterocycles. The van der Waals surface area contributed by atoms with Crippen molar-refractivity contribution in [3.63, 3.8) is 0 Å². The van der Waals surface area contributed by atoms with Crippen molar-refractivity contribution in [2.75, 3.05) is 0 Å². The van der Waals surface area contributed by atoms with Gasteiger partial charge in [0.1, 0.15) is 5.69 Å². The van der Waals surface area contributed by atoms with Crippen LogP contribution in [0.2, 0.25) is 0 Å². The number of aromatic nitrogens is 3. The first-order chi connectivity index (χ1) is 7.31. The Labute approximate surface area is 87.0 Å². The Morgan fingerprint density at radius 3 is 2.73 bits per heavy atom. The highest BCUT2D eigenvalue weighted by Crippen LogP contribution is 2.11. The molecule has 0 aliphatic carbocycles. The van der Waals surface area contributed by atoms with Crippen molar-refractivity contribution in [3.8, 4) is 11.5 Å². The molecule has 2 aromatic rings. The van der Waals surface area contributed by atoms with E-state index < -0.39 is 0 Å². The summed E-state index contributed by atoms with van der Waals surface area (Å²) in [5, 5.41) is 0. The molecule has 74 valence electrons. The average molecular weight is 199 g/mol. The van der Waals surface area contributed by atoms with Crippen LogP contribution in [0.25, 0.3) is 11.5 Å². The molecule has 0 amide bonds. The summed E-state index contributed by atoms with van der Waals surface area (Å²) in [6, 6.07) is 5.53. The summed E-state index contributed by atoms with van der Waals surface area (Å²) in [6.07, 6.45) is 3.94. The van der Waals surface area contributed by atoms with Gasteiger partial charge in [0.25, 0.3) is 0 Å². The first-order valence-electron chi connectivity index (χ1n) is 4.51. The number of carbonyl (C=O) groups is 1. The van der Waals surface area contributed by atoms with E-state index in [0.717, 1.165) is 6.29 Å². The van der Waals surface area contributed by atoms with Gasteiger partial charge < -0.3 is 0 Å². The third-order valence-electron chi connectivity index (χ3n) is 2.04. The van der Waals surface area contributed by atoms with Crippen LogP contribution in [-0.4, -0.2) is 21.2 Å². The smallest absolute Gasteiger partial charge is 0.178 e. The zero-order valence-electron chi connectivity index (χ0n) is 8.21. The summed E-state index contributed by atoms with van der Waals surface area (Å²) in [5.74, 6) is 0.540. The predicted molar refractivity (Wildman–Crippen MR) is 55.4 cm³/mol.